The molecule has 20 heavy (non-hydrogen) atoms. The number of anilines is 1. The summed E-state index contributed by atoms with van der Waals surface area (Å²) in [7, 11) is 1.58. The molecular weight excluding hydrogens is 260 g/mol. The van der Waals surface area contributed by atoms with Gasteiger partial charge in [0.2, 0.25) is 5.91 Å². The fourth-order valence-corrected chi connectivity index (χ4v) is 2.05. The van der Waals surface area contributed by atoms with Crippen LogP contribution >= 0.6 is 0 Å². The third kappa shape index (κ3) is 4.19. The van der Waals surface area contributed by atoms with E-state index in [4.69, 9.17) is 9.47 Å². The average Bonchev–Trinajstić information content (AvgIpc) is 2.86. The fraction of sp³-hybridized carbons (Fsp3) is 0.500. The van der Waals surface area contributed by atoms with E-state index in [1.165, 1.54) is 0 Å². The molecule has 1 aromatic carbocycles. The van der Waals surface area contributed by atoms with Crippen LogP contribution in [0.5, 0.6) is 5.75 Å². The summed E-state index contributed by atoms with van der Waals surface area (Å²) in [5.41, 5.74) is -0.171. The lowest BCUT2D eigenvalue weighted by Gasteiger charge is -2.20. The first kappa shape index (κ1) is 14.8. The van der Waals surface area contributed by atoms with Gasteiger partial charge in [0.25, 0.3) is 0 Å². The Morgan fingerprint density at radius 3 is 3.10 bits per heavy atom. The smallest absolute Gasteiger partial charge is 0.238 e. The van der Waals surface area contributed by atoms with Gasteiger partial charge in [-0.05, 0) is 12.1 Å². The maximum Gasteiger partial charge on any atom is 0.238 e. The zero-order chi connectivity index (χ0) is 14.4. The van der Waals surface area contributed by atoms with E-state index in [1.54, 1.807) is 25.3 Å². The lowest BCUT2D eigenvalue weighted by Crippen LogP contribution is -2.43. The first-order valence-electron chi connectivity index (χ1n) is 6.56. The molecule has 1 unspecified atom stereocenters. The highest BCUT2D eigenvalue weighted by Gasteiger charge is 2.31. The third-order valence-electron chi connectivity index (χ3n) is 3.18. The van der Waals surface area contributed by atoms with Crippen molar-refractivity contribution in [2.75, 3.05) is 38.7 Å². The van der Waals surface area contributed by atoms with E-state index >= 15 is 0 Å². The summed E-state index contributed by atoms with van der Waals surface area (Å²) < 4.78 is 10.2. The summed E-state index contributed by atoms with van der Waals surface area (Å²) in [5, 5.41) is 15.7. The van der Waals surface area contributed by atoms with Gasteiger partial charge in [-0.2, -0.15) is 0 Å². The molecule has 1 aliphatic rings. The molecule has 0 spiro atoms. The van der Waals surface area contributed by atoms with Gasteiger partial charge >= 0.3 is 0 Å². The second kappa shape index (κ2) is 6.69. The molecule has 0 saturated carbocycles. The highest BCUT2D eigenvalue weighted by atomic mass is 16.5. The van der Waals surface area contributed by atoms with Crippen LogP contribution in [0.2, 0.25) is 0 Å². The van der Waals surface area contributed by atoms with E-state index in [9.17, 15) is 9.90 Å². The minimum Gasteiger partial charge on any atom is -0.497 e. The SMILES string of the molecule is COc1cccc(NC(=O)CNCC2(O)CCOC2)c1. The standard InChI is InChI=1S/C14H20N2O4/c1-19-12-4-2-3-11(7-12)16-13(17)8-15-9-14(18)5-6-20-10-14/h2-4,7,15,18H,5-6,8-10H2,1H3,(H,16,17). The predicted molar refractivity (Wildman–Crippen MR) is 74.9 cm³/mol. The van der Waals surface area contributed by atoms with Crippen LogP contribution in [0.15, 0.2) is 24.3 Å². The summed E-state index contributed by atoms with van der Waals surface area (Å²) in [6, 6.07) is 7.15. The van der Waals surface area contributed by atoms with Crippen molar-refractivity contribution in [2.24, 2.45) is 0 Å². The topological polar surface area (TPSA) is 79.8 Å². The van der Waals surface area contributed by atoms with Crippen molar-refractivity contribution < 1.29 is 19.4 Å². The van der Waals surface area contributed by atoms with Gasteiger partial charge in [0.1, 0.15) is 11.4 Å². The number of nitrogens with one attached hydrogen (secondary N) is 2. The van der Waals surface area contributed by atoms with Gasteiger partial charge in [-0.3, -0.25) is 4.79 Å². The molecule has 1 aromatic rings. The Hall–Kier alpha value is -1.63. The minimum absolute atomic E-state index is 0.138. The summed E-state index contributed by atoms with van der Waals surface area (Å²) in [6.45, 7) is 1.36. The van der Waals surface area contributed by atoms with E-state index in [-0.39, 0.29) is 12.5 Å². The van der Waals surface area contributed by atoms with Crippen molar-refractivity contribution in [1.82, 2.24) is 5.32 Å². The van der Waals surface area contributed by atoms with Crippen LogP contribution in [-0.2, 0) is 9.53 Å². The normalized spacial score (nSPS) is 21.7. The summed E-state index contributed by atoms with van der Waals surface area (Å²) >= 11 is 0. The Kier molecular flexibility index (Phi) is 4.94. The fourth-order valence-electron chi connectivity index (χ4n) is 2.05. The van der Waals surface area contributed by atoms with Crippen LogP contribution in [0.3, 0.4) is 0 Å². The van der Waals surface area contributed by atoms with Crippen LogP contribution < -0.4 is 15.4 Å². The van der Waals surface area contributed by atoms with Crippen molar-refractivity contribution in [2.45, 2.75) is 12.0 Å². The van der Waals surface area contributed by atoms with Gasteiger partial charge in [0.15, 0.2) is 0 Å². The molecule has 3 N–H and O–H groups in total. The van der Waals surface area contributed by atoms with Crippen molar-refractivity contribution in [3.8, 4) is 5.75 Å². The molecule has 6 heteroatoms. The highest BCUT2D eigenvalue weighted by molar-refractivity contribution is 5.92. The number of ether oxygens (including phenoxy) is 2. The molecule has 1 aliphatic heterocycles. The summed E-state index contributed by atoms with van der Waals surface area (Å²) in [5.74, 6) is 0.522. The summed E-state index contributed by atoms with van der Waals surface area (Å²) in [4.78, 5) is 11.8. The minimum atomic E-state index is -0.851. The molecular formula is C14H20N2O4. The Morgan fingerprint density at radius 2 is 2.40 bits per heavy atom. The molecule has 1 fully saturated rings. The molecule has 110 valence electrons. The maximum atomic E-state index is 11.8. The van der Waals surface area contributed by atoms with Crippen LogP contribution in [-0.4, -0.2) is 50.0 Å². The first-order chi connectivity index (χ1) is 9.61. The molecule has 1 atom stereocenters. The number of methoxy groups -OCH3 is 1. The van der Waals surface area contributed by atoms with Crippen molar-refractivity contribution in [1.29, 1.82) is 0 Å². The zero-order valence-electron chi connectivity index (χ0n) is 11.5. The highest BCUT2D eigenvalue weighted by Crippen LogP contribution is 2.17. The van der Waals surface area contributed by atoms with Crippen LogP contribution in [0.4, 0.5) is 5.69 Å². The van der Waals surface area contributed by atoms with Crippen LogP contribution in [0, 0.1) is 0 Å². The van der Waals surface area contributed by atoms with Gasteiger partial charge in [0.05, 0.1) is 20.3 Å². The van der Waals surface area contributed by atoms with E-state index in [0.29, 0.717) is 37.6 Å². The predicted octanol–water partition coefficient (Wildman–Crippen LogP) is 0.375. The molecule has 1 amide bonds. The van der Waals surface area contributed by atoms with Gasteiger partial charge < -0.3 is 25.2 Å². The van der Waals surface area contributed by atoms with E-state index in [2.05, 4.69) is 10.6 Å². The Labute approximate surface area is 118 Å². The molecule has 0 radical (unpaired) electrons. The molecule has 0 bridgehead atoms. The third-order valence-corrected chi connectivity index (χ3v) is 3.18. The molecule has 0 aromatic heterocycles. The maximum absolute atomic E-state index is 11.8. The number of carbonyl (C=O) groups is 1. The van der Waals surface area contributed by atoms with Crippen LogP contribution in [0.25, 0.3) is 0 Å². The molecule has 2 rings (SSSR count). The van der Waals surface area contributed by atoms with E-state index in [0.717, 1.165) is 0 Å². The molecule has 1 heterocycles. The molecule has 0 aliphatic carbocycles. The van der Waals surface area contributed by atoms with Gasteiger partial charge in [-0.15, -0.1) is 0 Å². The Morgan fingerprint density at radius 1 is 1.55 bits per heavy atom. The number of aliphatic hydroxyl groups is 1. The Bertz CT molecular complexity index is 458. The van der Waals surface area contributed by atoms with Gasteiger partial charge in [-0.25, -0.2) is 0 Å². The van der Waals surface area contributed by atoms with Crippen LogP contribution in [0.1, 0.15) is 6.42 Å². The Balaban J connectivity index is 1.74. The zero-order valence-corrected chi connectivity index (χ0v) is 11.5. The number of rotatable bonds is 6. The van der Waals surface area contributed by atoms with Crippen molar-refractivity contribution >= 4 is 11.6 Å². The molecule has 6 nitrogen and oxygen atoms in total. The average molecular weight is 280 g/mol. The quantitative estimate of drug-likeness (QED) is 0.702. The van der Waals surface area contributed by atoms with E-state index < -0.39 is 5.60 Å². The number of carbonyl (C=O) groups excluding carboxylic acids is 1. The van der Waals surface area contributed by atoms with Gasteiger partial charge in [-0.1, -0.05) is 6.07 Å². The second-order valence-electron chi connectivity index (χ2n) is 4.91. The largest absolute Gasteiger partial charge is 0.497 e. The molecule has 1 saturated heterocycles. The number of hydrogen-bond acceptors (Lipinski definition) is 5. The lowest BCUT2D eigenvalue weighted by atomic mass is 10.0. The van der Waals surface area contributed by atoms with Gasteiger partial charge in [0, 0.05) is 31.3 Å². The number of amides is 1. The first-order valence-corrected chi connectivity index (χ1v) is 6.56. The van der Waals surface area contributed by atoms with E-state index in [1.807, 2.05) is 6.07 Å². The monoisotopic (exact) mass is 280 g/mol. The lowest BCUT2D eigenvalue weighted by molar-refractivity contribution is -0.115. The number of benzene rings is 1. The van der Waals surface area contributed by atoms with Crippen molar-refractivity contribution in [3.05, 3.63) is 24.3 Å². The number of hydrogen-bond donors (Lipinski definition) is 3. The summed E-state index contributed by atoms with van der Waals surface area (Å²) in [6.07, 6.45) is 0.595. The van der Waals surface area contributed by atoms with Crippen molar-refractivity contribution in [3.63, 3.8) is 0 Å². The second-order valence-corrected chi connectivity index (χ2v) is 4.91.